The van der Waals surface area contributed by atoms with E-state index in [1.54, 1.807) is 6.92 Å². The minimum atomic E-state index is -0.223. The van der Waals surface area contributed by atoms with Crippen molar-refractivity contribution in [2.24, 2.45) is 11.8 Å². The van der Waals surface area contributed by atoms with E-state index >= 15 is 0 Å². The van der Waals surface area contributed by atoms with Gasteiger partial charge in [-0.1, -0.05) is 6.92 Å². The molecular weight excluding hydrogens is 284 g/mol. The van der Waals surface area contributed by atoms with Crippen LogP contribution in [0.2, 0.25) is 0 Å². The highest BCUT2D eigenvalue weighted by Gasteiger charge is 2.17. The van der Waals surface area contributed by atoms with E-state index in [9.17, 15) is 4.79 Å². The first-order valence-corrected chi connectivity index (χ1v) is 7.79. The van der Waals surface area contributed by atoms with Gasteiger partial charge in [-0.05, 0) is 48.5 Å². The number of hydrogen-bond donors (Lipinski definition) is 1. The summed E-state index contributed by atoms with van der Waals surface area (Å²) in [7, 11) is 1.38. The van der Waals surface area contributed by atoms with Crippen LogP contribution in [0, 0.1) is 11.8 Å². The van der Waals surface area contributed by atoms with Crippen molar-refractivity contribution in [1.29, 1.82) is 0 Å². The van der Waals surface area contributed by atoms with Gasteiger partial charge >= 0.3 is 5.97 Å². The second-order valence-corrected chi connectivity index (χ2v) is 7.56. The Morgan fingerprint density at radius 2 is 1.36 bits per heavy atom. The lowest BCUT2D eigenvalue weighted by molar-refractivity contribution is -0.148. The van der Waals surface area contributed by atoms with Gasteiger partial charge in [-0.25, -0.2) is 0 Å². The lowest BCUT2D eigenvalue weighted by atomic mass is 10.1. The first-order valence-electron chi connectivity index (χ1n) is 7.79. The highest BCUT2D eigenvalue weighted by Crippen LogP contribution is 2.10. The number of aliphatic hydroxyl groups excluding tert-OH is 1. The smallest absolute Gasteiger partial charge is 0.310 e. The van der Waals surface area contributed by atoms with Crippen molar-refractivity contribution in [3.63, 3.8) is 0 Å². The van der Waals surface area contributed by atoms with Gasteiger partial charge in [-0.3, -0.25) is 4.79 Å². The number of carbonyl (C=O) groups is 1. The fraction of sp³-hybridized carbons (Fsp3) is 0.941. The van der Waals surface area contributed by atoms with Crippen LogP contribution in [0.3, 0.4) is 0 Å². The molecule has 0 spiro atoms. The third-order valence-electron chi connectivity index (χ3n) is 2.48. The molecular formula is C17H36O5. The van der Waals surface area contributed by atoms with E-state index in [4.69, 9.17) is 14.6 Å². The van der Waals surface area contributed by atoms with Gasteiger partial charge in [0, 0.05) is 12.5 Å². The van der Waals surface area contributed by atoms with E-state index in [0.717, 1.165) is 0 Å². The second-order valence-electron chi connectivity index (χ2n) is 7.56. The second kappa shape index (κ2) is 11.0. The molecule has 0 aromatic rings. The van der Waals surface area contributed by atoms with Gasteiger partial charge in [0.1, 0.15) is 0 Å². The van der Waals surface area contributed by atoms with Crippen LogP contribution in [0.25, 0.3) is 0 Å². The van der Waals surface area contributed by atoms with E-state index in [-0.39, 0.29) is 35.6 Å². The average molecular weight is 320 g/mol. The number of ether oxygens (including phenoxy) is 3. The van der Waals surface area contributed by atoms with Crippen molar-refractivity contribution in [2.75, 3.05) is 26.9 Å². The number of rotatable bonds is 6. The fourth-order valence-corrected chi connectivity index (χ4v) is 1.09. The summed E-state index contributed by atoms with van der Waals surface area (Å²) in [5.74, 6) is -0.160. The lowest BCUT2D eigenvalue weighted by Gasteiger charge is -2.21. The zero-order valence-corrected chi connectivity index (χ0v) is 15.9. The summed E-state index contributed by atoms with van der Waals surface area (Å²) in [6, 6.07) is 0. The molecule has 0 radical (unpaired) electrons. The highest BCUT2D eigenvalue weighted by atomic mass is 16.5. The van der Waals surface area contributed by atoms with E-state index in [0.29, 0.717) is 13.2 Å². The summed E-state index contributed by atoms with van der Waals surface area (Å²) >= 11 is 0. The maximum Gasteiger partial charge on any atom is 0.310 e. The van der Waals surface area contributed by atoms with E-state index in [2.05, 4.69) is 4.74 Å². The molecule has 5 nitrogen and oxygen atoms in total. The first-order chi connectivity index (χ1) is 9.82. The molecule has 0 aliphatic carbocycles. The van der Waals surface area contributed by atoms with Gasteiger partial charge in [0.2, 0.25) is 0 Å². The molecule has 0 unspecified atom stereocenters. The topological polar surface area (TPSA) is 65.0 Å². The standard InChI is InChI=1S/C9H18O3.C8H18O2/c1-7(8(10)11-5)6-12-9(2,3)4;1-7(5-9)6-10-8(2,3)4/h7H,6H2,1-5H3;7,9H,5-6H2,1-4H3/t2*7-/m01/s1. The largest absolute Gasteiger partial charge is 0.469 e. The summed E-state index contributed by atoms with van der Waals surface area (Å²) < 4.78 is 15.4. The fourth-order valence-electron chi connectivity index (χ4n) is 1.09. The molecule has 0 saturated carbocycles. The third-order valence-corrected chi connectivity index (χ3v) is 2.48. The summed E-state index contributed by atoms with van der Waals surface area (Å²) in [6.45, 7) is 16.9. The zero-order valence-electron chi connectivity index (χ0n) is 15.9. The van der Waals surface area contributed by atoms with Crippen LogP contribution in [-0.4, -0.2) is 49.2 Å². The van der Waals surface area contributed by atoms with Crippen molar-refractivity contribution in [1.82, 2.24) is 0 Å². The predicted octanol–water partition coefficient (Wildman–Crippen LogP) is 3.04. The summed E-state index contributed by atoms with van der Waals surface area (Å²) in [6.07, 6.45) is 0. The number of esters is 1. The SMILES string of the molecule is COC(=O)[C@@H](C)COC(C)(C)C.C[C@H](CO)COC(C)(C)C. The van der Waals surface area contributed by atoms with Gasteiger partial charge in [-0.2, -0.15) is 0 Å². The molecule has 0 aromatic heterocycles. The van der Waals surface area contributed by atoms with Crippen molar-refractivity contribution in [3.8, 4) is 0 Å². The minimum Gasteiger partial charge on any atom is -0.469 e. The van der Waals surface area contributed by atoms with Crippen LogP contribution in [0.4, 0.5) is 0 Å². The zero-order chi connectivity index (χ0) is 18.0. The number of aliphatic hydroxyl groups is 1. The number of carbonyl (C=O) groups excluding carboxylic acids is 1. The van der Waals surface area contributed by atoms with Crippen molar-refractivity contribution < 1.29 is 24.1 Å². The molecule has 0 aliphatic heterocycles. The minimum absolute atomic E-state index is 0.0799. The molecule has 0 amide bonds. The third kappa shape index (κ3) is 17.4. The van der Waals surface area contributed by atoms with Gasteiger partial charge < -0.3 is 19.3 Å². The average Bonchev–Trinajstić information content (AvgIpc) is 2.40. The van der Waals surface area contributed by atoms with Crippen molar-refractivity contribution >= 4 is 5.97 Å². The molecule has 134 valence electrons. The molecule has 0 saturated heterocycles. The molecule has 0 bridgehead atoms. The summed E-state index contributed by atoms with van der Waals surface area (Å²) in [5, 5.41) is 8.65. The van der Waals surface area contributed by atoms with Crippen LogP contribution >= 0.6 is 0 Å². The monoisotopic (exact) mass is 320 g/mol. The quantitative estimate of drug-likeness (QED) is 0.762. The Hall–Kier alpha value is -0.650. The Kier molecular flexibility index (Phi) is 11.8. The van der Waals surface area contributed by atoms with Gasteiger partial charge in [0.05, 0.1) is 37.4 Å². The van der Waals surface area contributed by atoms with Crippen molar-refractivity contribution in [3.05, 3.63) is 0 Å². The predicted molar refractivity (Wildman–Crippen MR) is 88.8 cm³/mol. The molecule has 0 fully saturated rings. The van der Waals surface area contributed by atoms with Gasteiger partial charge in [-0.15, -0.1) is 0 Å². The molecule has 2 atom stereocenters. The number of hydrogen-bond acceptors (Lipinski definition) is 5. The molecule has 5 heteroatoms. The van der Waals surface area contributed by atoms with Gasteiger partial charge in [0.25, 0.3) is 0 Å². The molecule has 0 aromatic carbocycles. The number of methoxy groups -OCH3 is 1. The molecule has 0 rings (SSSR count). The van der Waals surface area contributed by atoms with Crippen LogP contribution in [0.15, 0.2) is 0 Å². The van der Waals surface area contributed by atoms with Crippen LogP contribution in [0.1, 0.15) is 55.4 Å². The first kappa shape index (κ1) is 23.6. The summed E-state index contributed by atoms with van der Waals surface area (Å²) in [4.78, 5) is 10.9. The van der Waals surface area contributed by atoms with E-state index in [1.165, 1.54) is 7.11 Å². The van der Waals surface area contributed by atoms with Crippen LogP contribution in [0.5, 0.6) is 0 Å². The Morgan fingerprint density at radius 3 is 1.68 bits per heavy atom. The van der Waals surface area contributed by atoms with E-state index in [1.807, 2.05) is 48.5 Å². The molecule has 0 heterocycles. The Bertz CT molecular complexity index is 288. The van der Waals surface area contributed by atoms with Gasteiger partial charge in [0.15, 0.2) is 0 Å². The highest BCUT2D eigenvalue weighted by molar-refractivity contribution is 5.71. The maximum absolute atomic E-state index is 10.9. The van der Waals surface area contributed by atoms with E-state index < -0.39 is 0 Å². The molecule has 1 N–H and O–H groups in total. The molecule has 0 aliphatic rings. The molecule has 22 heavy (non-hydrogen) atoms. The Morgan fingerprint density at radius 1 is 0.955 bits per heavy atom. The summed E-state index contributed by atoms with van der Waals surface area (Å²) in [5.41, 5.74) is -0.272. The normalized spacial score (nSPS) is 14.6. The van der Waals surface area contributed by atoms with Crippen LogP contribution in [-0.2, 0) is 19.0 Å². The van der Waals surface area contributed by atoms with Crippen LogP contribution < -0.4 is 0 Å². The Balaban J connectivity index is 0. The Labute approximate surface area is 136 Å². The van der Waals surface area contributed by atoms with Crippen molar-refractivity contribution in [2.45, 2.75) is 66.6 Å². The lowest BCUT2D eigenvalue weighted by Crippen LogP contribution is -2.26. The maximum atomic E-state index is 10.9.